The Labute approximate surface area is 157 Å². The first-order chi connectivity index (χ1) is 13.1. The van der Waals surface area contributed by atoms with Crippen LogP contribution in [0.1, 0.15) is 23.2 Å². The van der Waals surface area contributed by atoms with Gasteiger partial charge in [0.2, 0.25) is 11.8 Å². The number of rotatable bonds is 2. The largest absolute Gasteiger partial charge is 0.378 e. The van der Waals surface area contributed by atoms with Crippen LogP contribution in [-0.4, -0.2) is 77.9 Å². The Hall–Kier alpha value is -2.48. The molecule has 4 heterocycles. The molecular weight excluding hydrogens is 348 g/mol. The van der Waals surface area contributed by atoms with Crippen LogP contribution in [0, 0.1) is 11.8 Å². The quantitative estimate of drug-likeness (QED) is 0.783. The van der Waals surface area contributed by atoms with Crippen molar-refractivity contribution in [3.8, 4) is 0 Å². The van der Waals surface area contributed by atoms with Gasteiger partial charge in [-0.05, 0) is 25.0 Å². The molecule has 0 aliphatic carbocycles. The van der Waals surface area contributed by atoms with Crippen LogP contribution in [0.4, 0.5) is 0 Å². The van der Waals surface area contributed by atoms with E-state index in [9.17, 15) is 14.4 Å². The average molecular weight is 372 g/mol. The SMILES string of the molecule is O=C1N[C@@H]2COC[C@H]1CN(C(=O)C1CCN(C(=O)c3ccncc3)CC1)C2. The highest BCUT2D eigenvalue weighted by atomic mass is 16.5. The number of carbonyl (C=O) groups excluding carboxylic acids is 3. The normalized spacial score (nSPS) is 26.3. The summed E-state index contributed by atoms with van der Waals surface area (Å²) < 4.78 is 5.52. The molecule has 2 atom stereocenters. The number of likely N-dealkylation sites (tertiary alicyclic amines) is 1. The summed E-state index contributed by atoms with van der Waals surface area (Å²) in [5.41, 5.74) is 0.625. The Balaban J connectivity index is 1.36. The zero-order valence-corrected chi connectivity index (χ0v) is 15.2. The first-order valence-electron chi connectivity index (χ1n) is 9.48. The van der Waals surface area contributed by atoms with Gasteiger partial charge in [-0.3, -0.25) is 19.4 Å². The van der Waals surface area contributed by atoms with E-state index in [4.69, 9.17) is 4.74 Å². The van der Waals surface area contributed by atoms with Gasteiger partial charge in [0.05, 0.1) is 25.2 Å². The predicted octanol–water partition coefficient (Wildman–Crippen LogP) is -0.0928. The summed E-state index contributed by atoms with van der Waals surface area (Å²) in [4.78, 5) is 45.2. The lowest BCUT2D eigenvalue weighted by Crippen LogP contribution is -2.49. The fourth-order valence-corrected chi connectivity index (χ4v) is 4.07. The maximum absolute atomic E-state index is 13.0. The molecule has 8 nitrogen and oxygen atoms in total. The van der Waals surface area contributed by atoms with Gasteiger partial charge in [0.15, 0.2) is 0 Å². The van der Waals surface area contributed by atoms with Crippen LogP contribution in [0.25, 0.3) is 0 Å². The zero-order chi connectivity index (χ0) is 18.8. The van der Waals surface area contributed by atoms with Crippen molar-refractivity contribution in [1.29, 1.82) is 0 Å². The van der Waals surface area contributed by atoms with E-state index >= 15 is 0 Å². The molecule has 27 heavy (non-hydrogen) atoms. The molecule has 0 saturated carbocycles. The second-order valence-corrected chi connectivity index (χ2v) is 7.49. The summed E-state index contributed by atoms with van der Waals surface area (Å²) in [5, 5.41) is 2.95. The zero-order valence-electron chi connectivity index (χ0n) is 15.2. The third-order valence-corrected chi connectivity index (χ3v) is 5.61. The summed E-state index contributed by atoms with van der Waals surface area (Å²) in [6.45, 7) is 2.86. The molecule has 0 unspecified atom stereocenters. The highest BCUT2D eigenvalue weighted by Gasteiger charge is 2.38. The number of aromatic nitrogens is 1. The van der Waals surface area contributed by atoms with Crippen LogP contribution in [0.2, 0.25) is 0 Å². The van der Waals surface area contributed by atoms with Gasteiger partial charge < -0.3 is 19.9 Å². The standard InChI is InChI=1S/C19H24N4O4/c24-17-15-9-23(10-16(21-17)12-27-11-15)19(26)14-3-7-22(8-4-14)18(25)13-1-5-20-6-2-13/h1-2,5-6,14-16H,3-4,7-12H2,(H,21,24)/t15-,16+/m1/s1. The number of hydrogen-bond donors (Lipinski definition) is 1. The summed E-state index contributed by atoms with van der Waals surface area (Å²) >= 11 is 0. The minimum absolute atomic E-state index is 0.0143. The van der Waals surface area contributed by atoms with Gasteiger partial charge >= 0.3 is 0 Å². The number of hydrogen-bond acceptors (Lipinski definition) is 5. The number of ether oxygens (including phenoxy) is 1. The van der Waals surface area contributed by atoms with Crippen LogP contribution in [0.15, 0.2) is 24.5 Å². The number of piperidine rings is 1. The summed E-state index contributed by atoms with van der Waals surface area (Å²) in [7, 11) is 0. The van der Waals surface area contributed by atoms with Gasteiger partial charge in [-0.2, -0.15) is 0 Å². The van der Waals surface area contributed by atoms with Crippen LogP contribution in [-0.2, 0) is 14.3 Å². The molecule has 3 amide bonds. The van der Waals surface area contributed by atoms with Crippen LogP contribution in [0.3, 0.4) is 0 Å². The fraction of sp³-hybridized carbons (Fsp3) is 0.579. The maximum Gasteiger partial charge on any atom is 0.253 e. The molecule has 1 aromatic heterocycles. The molecule has 2 bridgehead atoms. The van der Waals surface area contributed by atoms with Crippen LogP contribution >= 0.6 is 0 Å². The molecule has 3 aliphatic heterocycles. The van der Waals surface area contributed by atoms with Gasteiger partial charge in [0, 0.05) is 50.1 Å². The van der Waals surface area contributed by atoms with E-state index in [0.717, 1.165) is 0 Å². The molecule has 1 aromatic rings. The summed E-state index contributed by atoms with van der Waals surface area (Å²) in [6, 6.07) is 3.28. The third-order valence-electron chi connectivity index (χ3n) is 5.61. The monoisotopic (exact) mass is 372 g/mol. The Bertz CT molecular complexity index is 718. The number of amides is 3. The fourth-order valence-electron chi connectivity index (χ4n) is 4.07. The first kappa shape index (κ1) is 17.9. The summed E-state index contributed by atoms with van der Waals surface area (Å²) in [5.74, 6) is -0.333. The van der Waals surface area contributed by atoms with Crippen LogP contribution in [0.5, 0.6) is 0 Å². The Morgan fingerprint density at radius 2 is 1.81 bits per heavy atom. The highest BCUT2D eigenvalue weighted by molar-refractivity contribution is 5.94. The van der Waals surface area contributed by atoms with E-state index in [1.165, 1.54) is 0 Å². The lowest BCUT2D eigenvalue weighted by molar-refractivity contribution is -0.139. The first-order valence-corrected chi connectivity index (χ1v) is 9.48. The smallest absolute Gasteiger partial charge is 0.253 e. The molecule has 144 valence electrons. The van der Waals surface area contributed by atoms with Gasteiger partial charge in [0.1, 0.15) is 0 Å². The van der Waals surface area contributed by atoms with E-state index in [1.54, 1.807) is 29.4 Å². The van der Waals surface area contributed by atoms with Crippen molar-refractivity contribution in [3.05, 3.63) is 30.1 Å². The van der Waals surface area contributed by atoms with Crippen LogP contribution < -0.4 is 5.32 Å². The van der Waals surface area contributed by atoms with Gasteiger partial charge in [-0.1, -0.05) is 0 Å². The molecular formula is C19H24N4O4. The Kier molecular flexibility index (Phi) is 5.07. The number of nitrogens with one attached hydrogen (secondary N) is 1. The second kappa shape index (κ2) is 7.64. The molecule has 4 rings (SSSR count). The average Bonchev–Trinajstić information content (AvgIpc) is 2.96. The molecule has 3 fully saturated rings. The van der Waals surface area contributed by atoms with Gasteiger partial charge in [-0.15, -0.1) is 0 Å². The van der Waals surface area contributed by atoms with Crippen molar-refractivity contribution in [2.24, 2.45) is 11.8 Å². The Morgan fingerprint density at radius 3 is 2.56 bits per heavy atom. The van der Waals surface area contributed by atoms with Gasteiger partial charge in [-0.25, -0.2) is 0 Å². The molecule has 0 radical (unpaired) electrons. The van der Waals surface area contributed by atoms with Crippen molar-refractivity contribution in [2.75, 3.05) is 39.4 Å². The third kappa shape index (κ3) is 3.80. The van der Waals surface area contributed by atoms with E-state index in [1.807, 2.05) is 4.90 Å². The van der Waals surface area contributed by atoms with Crippen molar-refractivity contribution in [2.45, 2.75) is 18.9 Å². The summed E-state index contributed by atoms with van der Waals surface area (Å²) in [6.07, 6.45) is 4.52. The molecule has 3 aliphatic rings. The number of fused-ring (bicyclic) bond motifs is 3. The Morgan fingerprint density at radius 1 is 1.07 bits per heavy atom. The van der Waals surface area contributed by atoms with E-state index in [2.05, 4.69) is 10.3 Å². The van der Waals surface area contributed by atoms with Crippen molar-refractivity contribution in [1.82, 2.24) is 20.1 Å². The molecule has 8 heteroatoms. The van der Waals surface area contributed by atoms with E-state index in [-0.39, 0.29) is 35.6 Å². The predicted molar refractivity (Wildman–Crippen MR) is 95.7 cm³/mol. The van der Waals surface area contributed by atoms with E-state index in [0.29, 0.717) is 57.8 Å². The van der Waals surface area contributed by atoms with Gasteiger partial charge in [0.25, 0.3) is 5.91 Å². The maximum atomic E-state index is 13.0. The van der Waals surface area contributed by atoms with Crippen molar-refractivity contribution >= 4 is 17.7 Å². The lowest BCUT2D eigenvalue weighted by atomic mass is 9.94. The van der Waals surface area contributed by atoms with Crippen molar-refractivity contribution < 1.29 is 19.1 Å². The topological polar surface area (TPSA) is 91.8 Å². The van der Waals surface area contributed by atoms with E-state index < -0.39 is 0 Å². The minimum atomic E-state index is -0.296. The molecule has 0 aromatic carbocycles. The lowest BCUT2D eigenvalue weighted by Gasteiger charge is -2.35. The number of pyridine rings is 1. The highest BCUT2D eigenvalue weighted by Crippen LogP contribution is 2.23. The number of carbonyl (C=O) groups is 3. The second-order valence-electron chi connectivity index (χ2n) is 7.49. The molecule has 0 spiro atoms. The molecule has 3 saturated heterocycles. The minimum Gasteiger partial charge on any atom is -0.378 e. The van der Waals surface area contributed by atoms with Crippen molar-refractivity contribution in [3.63, 3.8) is 0 Å². The number of nitrogens with zero attached hydrogens (tertiary/aromatic N) is 3. The molecule has 1 N–H and O–H groups in total.